The Morgan fingerprint density at radius 2 is 0.631 bits per heavy atom. The van der Waals surface area contributed by atoms with Gasteiger partial charge in [-0.15, -0.1) is 0 Å². The molecule has 0 radical (unpaired) electrons. The average molecular weight is 901 g/mol. The van der Waals surface area contributed by atoms with Crippen LogP contribution in [0, 0.1) is 0 Å². The van der Waals surface area contributed by atoms with E-state index in [0.29, 0.717) is 19.3 Å². The van der Waals surface area contributed by atoms with Crippen LogP contribution < -0.4 is 0 Å². The lowest BCUT2D eigenvalue weighted by Crippen LogP contribution is -2.30. The van der Waals surface area contributed by atoms with Gasteiger partial charge in [0.15, 0.2) is 6.10 Å². The zero-order valence-corrected chi connectivity index (χ0v) is 42.0. The van der Waals surface area contributed by atoms with Gasteiger partial charge in [0.1, 0.15) is 13.2 Å². The van der Waals surface area contributed by atoms with Gasteiger partial charge in [0.05, 0.1) is 0 Å². The predicted octanol–water partition coefficient (Wildman–Crippen LogP) is 17.5. The quantitative estimate of drug-likeness (QED) is 0.0262. The van der Waals surface area contributed by atoms with Gasteiger partial charge in [-0.3, -0.25) is 14.4 Å². The smallest absolute Gasteiger partial charge is 0.306 e. The topological polar surface area (TPSA) is 78.9 Å². The van der Waals surface area contributed by atoms with E-state index in [1.807, 2.05) is 12.2 Å². The second-order valence-electron chi connectivity index (χ2n) is 17.0. The fraction of sp³-hybridized carbons (Fsp3) is 0.644. The monoisotopic (exact) mass is 901 g/mol. The minimum Gasteiger partial charge on any atom is -0.462 e. The van der Waals surface area contributed by atoms with E-state index in [1.165, 1.54) is 70.6 Å². The first-order chi connectivity index (χ1) is 32.0. The summed E-state index contributed by atoms with van der Waals surface area (Å²) in [4.78, 5) is 38.0. The molecular weight excluding hydrogens is 805 g/mol. The highest BCUT2D eigenvalue weighted by atomic mass is 16.6. The van der Waals surface area contributed by atoms with Crippen molar-refractivity contribution in [2.45, 2.75) is 232 Å². The highest BCUT2D eigenvalue weighted by molar-refractivity contribution is 5.71. The molecule has 0 rings (SSSR count). The Balaban J connectivity index is 4.44. The van der Waals surface area contributed by atoms with E-state index in [-0.39, 0.29) is 31.6 Å². The van der Waals surface area contributed by atoms with E-state index in [1.54, 1.807) is 0 Å². The van der Waals surface area contributed by atoms with E-state index < -0.39 is 12.1 Å². The van der Waals surface area contributed by atoms with Crippen molar-refractivity contribution in [2.75, 3.05) is 13.2 Å². The number of unbranched alkanes of at least 4 members (excludes halogenated alkanes) is 17. The number of hydrogen-bond acceptors (Lipinski definition) is 6. The Labute approximate surface area is 400 Å². The van der Waals surface area contributed by atoms with Crippen LogP contribution in [0.2, 0.25) is 0 Å². The molecule has 6 heteroatoms. The van der Waals surface area contributed by atoms with Crippen molar-refractivity contribution in [1.82, 2.24) is 0 Å². The van der Waals surface area contributed by atoms with Crippen LogP contribution in [0.1, 0.15) is 226 Å². The van der Waals surface area contributed by atoms with Crippen LogP contribution in [0.25, 0.3) is 0 Å². The Hall–Kier alpha value is -3.93. The first-order valence-electron chi connectivity index (χ1n) is 26.4. The van der Waals surface area contributed by atoms with Gasteiger partial charge in [0.2, 0.25) is 0 Å². The lowest BCUT2D eigenvalue weighted by Gasteiger charge is -2.18. The average Bonchev–Trinajstić information content (AvgIpc) is 3.30. The van der Waals surface area contributed by atoms with Crippen LogP contribution in [0.3, 0.4) is 0 Å². The van der Waals surface area contributed by atoms with Crippen molar-refractivity contribution in [3.8, 4) is 0 Å². The lowest BCUT2D eigenvalue weighted by atomic mass is 10.1. The molecule has 0 saturated carbocycles. The highest BCUT2D eigenvalue weighted by Gasteiger charge is 2.19. The third-order valence-corrected chi connectivity index (χ3v) is 10.8. The van der Waals surface area contributed by atoms with Crippen molar-refractivity contribution < 1.29 is 28.6 Å². The summed E-state index contributed by atoms with van der Waals surface area (Å²) in [6.45, 7) is 6.31. The first kappa shape index (κ1) is 61.1. The molecule has 0 heterocycles. The Morgan fingerprint density at radius 3 is 1.02 bits per heavy atom. The molecule has 1 unspecified atom stereocenters. The molecule has 65 heavy (non-hydrogen) atoms. The van der Waals surface area contributed by atoms with E-state index in [4.69, 9.17) is 14.2 Å². The molecule has 1 atom stereocenters. The maximum absolute atomic E-state index is 12.8. The summed E-state index contributed by atoms with van der Waals surface area (Å²) < 4.78 is 16.7. The van der Waals surface area contributed by atoms with Crippen molar-refractivity contribution in [2.24, 2.45) is 0 Å². The lowest BCUT2D eigenvalue weighted by molar-refractivity contribution is -0.166. The molecule has 0 aliphatic heterocycles. The van der Waals surface area contributed by atoms with Crippen LogP contribution in [-0.4, -0.2) is 37.2 Å². The third-order valence-electron chi connectivity index (χ3n) is 10.8. The number of allylic oxidation sites excluding steroid dienone is 18. The molecule has 6 nitrogen and oxygen atoms in total. The third kappa shape index (κ3) is 50.9. The van der Waals surface area contributed by atoms with Gasteiger partial charge in [-0.1, -0.05) is 207 Å². The normalized spacial score (nSPS) is 13.0. The van der Waals surface area contributed by atoms with E-state index in [0.717, 1.165) is 109 Å². The summed E-state index contributed by atoms with van der Waals surface area (Å²) in [6, 6.07) is 0. The summed E-state index contributed by atoms with van der Waals surface area (Å²) in [6.07, 6.45) is 70.9. The summed E-state index contributed by atoms with van der Waals surface area (Å²) in [5, 5.41) is 0. The molecule has 0 aromatic rings. The second kappa shape index (κ2) is 52.7. The number of carbonyl (C=O) groups excluding carboxylic acids is 3. The SMILES string of the molecule is CC/C=C\C/C=C\C/C=C\C/C=C\CCCCCCCCCCC(=O)OCC(COC(=O)CCCCCCC/C=C\CCCCCC)OC(=O)CC/C=C\C/C=C\C/C=C\C/C=C\CC. The maximum Gasteiger partial charge on any atom is 0.306 e. The highest BCUT2D eigenvalue weighted by Crippen LogP contribution is 2.13. The largest absolute Gasteiger partial charge is 0.462 e. The van der Waals surface area contributed by atoms with Crippen molar-refractivity contribution >= 4 is 17.9 Å². The molecule has 0 aliphatic carbocycles. The molecule has 0 aliphatic rings. The van der Waals surface area contributed by atoms with Crippen molar-refractivity contribution in [3.63, 3.8) is 0 Å². The second-order valence-corrected chi connectivity index (χ2v) is 17.0. The minimum absolute atomic E-state index is 0.115. The molecule has 0 fully saturated rings. The standard InChI is InChI=1S/C59H96O6/c1-4-7-10-13-16-19-22-25-26-27-28-29-30-31-32-35-37-40-43-46-49-52-58(61)64-55-56(65-59(62)53-50-47-44-41-38-34-24-21-18-15-12-9-6-3)54-63-57(60)51-48-45-42-39-36-33-23-20-17-14-11-8-5-2/h7,9-10,12,16,18-21,23,25-26,28-29,34,38,44,47,56H,4-6,8,11,13-15,17,22,24,27,30-33,35-37,39-43,45-46,48-55H2,1-3H3/b10-7-,12-9-,19-16-,21-18-,23-20-,26-25-,29-28-,38-34-,47-44-. The van der Waals surface area contributed by atoms with Gasteiger partial charge in [0.25, 0.3) is 0 Å². The number of ether oxygens (including phenoxy) is 3. The zero-order chi connectivity index (χ0) is 47.2. The summed E-state index contributed by atoms with van der Waals surface area (Å²) in [5.41, 5.74) is 0. The van der Waals surface area contributed by atoms with E-state index in [2.05, 4.69) is 118 Å². The molecule has 0 amide bonds. The van der Waals surface area contributed by atoms with Gasteiger partial charge in [-0.2, -0.15) is 0 Å². The Kier molecular flexibility index (Phi) is 49.5. The summed E-state index contributed by atoms with van der Waals surface area (Å²) in [5.74, 6) is -1.02. The van der Waals surface area contributed by atoms with E-state index >= 15 is 0 Å². The number of carbonyl (C=O) groups is 3. The molecule has 0 N–H and O–H groups in total. The first-order valence-corrected chi connectivity index (χ1v) is 26.4. The van der Waals surface area contributed by atoms with Gasteiger partial charge < -0.3 is 14.2 Å². The maximum atomic E-state index is 12.8. The molecule has 0 aromatic carbocycles. The number of esters is 3. The molecule has 0 bridgehead atoms. The minimum atomic E-state index is -0.824. The number of hydrogen-bond donors (Lipinski definition) is 0. The Bertz CT molecular complexity index is 1360. The van der Waals surface area contributed by atoms with Crippen LogP contribution in [0.4, 0.5) is 0 Å². The fourth-order valence-electron chi connectivity index (χ4n) is 6.85. The molecule has 0 saturated heterocycles. The van der Waals surface area contributed by atoms with Gasteiger partial charge in [-0.25, -0.2) is 0 Å². The van der Waals surface area contributed by atoms with Crippen LogP contribution in [0.15, 0.2) is 109 Å². The molecular formula is C59H96O6. The van der Waals surface area contributed by atoms with Crippen LogP contribution in [0.5, 0.6) is 0 Å². The predicted molar refractivity (Wildman–Crippen MR) is 279 cm³/mol. The Morgan fingerprint density at radius 1 is 0.323 bits per heavy atom. The number of rotatable bonds is 46. The fourth-order valence-corrected chi connectivity index (χ4v) is 6.85. The van der Waals surface area contributed by atoms with Gasteiger partial charge in [0, 0.05) is 19.3 Å². The van der Waals surface area contributed by atoms with Gasteiger partial charge in [-0.05, 0) is 109 Å². The molecule has 0 aromatic heterocycles. The van der Waals surface area contributed by atoms with Crippen LogP contribution in [-0.2, 0) is 28.6 Å². The van der Waals surface area contributed by atoms with Crippen molar-refractivity contribution in [1.29, 1.82) is 0 Å². The molecule has 0 spiro atoms. The van der Waals surface area contributed by atoms with Crippen LogP contribution >= 0.6 is 0 Å². The van der Waals surface area contributed by atoms with Crippen molar-refractivity contribution in [3.05, 3.63) is 109 Å². The van der Waals surface area contributed by atoms with E-state index in [9.17, 15) is 14.4 Å². The zero-order valence-electron chi connectivity index (χ0n) is 42.0. The van der Waals surface area contributed by atoms with Gasteiger partial charge >= 0.3 is 17.9 Å². The summed E-state index contributed by atoms with van der Waals surface area (Å²) >= 11 is 0. The molecule has 368 valence electrons. The summed E-state index contributed by atoms with van der Waals surface area (Å²) in [7, 11) is 0.